The van der Waals surface area contributed by atoms with Crippen LogP contribution in [-0.2, 0) is 11.2 Å². The van der Waals surface area contributed by atoms with Crippen molar-refractivity contribution in [1.29, 1.82) is 0 Å². The first kappa shape index (κ1) is 13.2. The zero-order chi connectivity index (χ0) is 13.8. The number of aryl methyl sites for hydroxylation is 1. The molecule has 2 rings (SSSR count). The summed E-state index contributed by atoms with van der Waals surface area (Å²) in [5.74, 6) is 0.0934. The number of aromatic nitrogens is 2. The average molecular weight is 263 g/mol. The Morgan fingerprint density at radius 3 is 3.05 bits per heavy atom. The van der Waals surface area contributed by atoms with Crippen LogP contribution in [0, 0.1) is 0 Å². The zero-order valence-electron chi connectivity index (χ0n) is 10.7. The molecule has 0 aliphatic rings. The van der Waals surface area contributed by atoms with Crippen LogP contribution in [0.5, 0.6) is 0 Å². The molecular weight excluding hydrogens is 246 g/mol. The molecule has 0 spiro atoms. The average Bonchev–Trinajstić information content (AvgIpc) is 2.76. The van der Waals surface area contributed by atoms with Crippen LogP contribution in [0.4, 0.5) is 11.5 Å². The number of carbonyl (C=O) groups is 1. The fraction of sp³-hybridized carbons (Fsp3) is 0.333. The number of hydroxylamine groups is 1. The lowest BCUT2D eigenvalue weighted by Gasteiger charge is -2.05. The normalized spacial score (nSPS) is 10.6. The third kappa shape index (κ3) is 2.60. The summed E-state index contributed by atoms with van der Waals surface area (Å²) in [6, 6.07) is 3.63. The fourth-order valence-corrected chi connectivity index (χ4v) is 1.96. The maximum absolute atomic E-state index is 11.1. The molecule has 1 amide bonds. The highest BCUT2D eigenvalue weighted by molar-refractivity contribution is 5.80. The van der Waals surface area contributed by atoms with Crippen molar-refractivity contribution < 1.29 is 10.0 Å². The van der Waals surface area contributed by atoms with E-state index in [9.17, 15) is 4.79 Å². The van der Waals surface area contributed by atoms with E-state index in [1.54, 1.807) is 11.5 Å². The van der Waals surface area contributed by atoms with Crippen molar-refractivity contribution in [2.45, 2.75) is 19.8 Å². The minimum absolute atomic E-state index is 0.0446. The summed E-state index contributed by atoms with van der Waals surface area (Å²) in [6.45, 7) is 2.02. The number of nitrogens with zero attached hydrogens (tertiary/aromatic N) is 2. The molecule has 0 aromatic carbocycles. The molecule has 0 bridgehead atoms. The van der Waals surface area contributed by atoms with Crippen molar-refractivity contribution in [3.63, 3.8) is 0 Å². The van der Waals surface area contributed by atoms with Gasteiger partial charge in [0.15, 0.2) is 5.65 Å². The van der Waals surface area contributed by atoms with Crippen molar-refractivity contribution >= 4 is 23.1 Å². The molecular formula is C12H17N5O2. The number of carbonyl (C=O) groups excluding carboxylic acids is 1. The van der Waals surface area contributed by atoms with E-state index < -0.39 is 5.91 Å². The van der Waals surface area contributed by atoms with Crippen LogP contribution >= 0.6 is 0 Å². The van der Waals surface area contributed by atoms with E-state index in [-0.39, 0.29) is 6.54 Å². The van der Waals surface area contributed by atoms with Crippen molar-refractivity contribution in [2.75, 3.05) is 17.6 Å². The van der Waals surface area contributed by atoms with Gasteiger partial charge in [0.2, 0.25) is 0 Å². The number of pyridine rings is 1. The number of hydrogen-bond acceptors (Lipinski definition) is 5. The van der Waals surface area contributed by atoms with Crippen LogP contribution in [0.25, 0.3) is 5.65 Å². The van der Waals surface area contributed by atoms with Crippen molar-refractivity contribution in [3.05, 3.63) is 24.0 Å². The van der Waals surface area contributed by atoms with Gasteiger partial charge in [-0.05, 0) is 18.6 Å². The second-order valence-electron chi connectivity index (χ2n) is 4.20. The number of nitrogens with two attached hydrogens (primary N) is 1. The quantitative estimate of drug-likeness (QED) is 0.471. The summed E-state index contributed by atoms with van der Waals surface area (Å²) in [7, 11) is 0. The lowest BCUT2D eigenvalue weighted by atomic mass is 10.2. The Bertz CT molecular complexity index is 593. The second-order valence-corrected chi connectivity index (χ2v) is 4.20. The lowest BCUT2D eigenvalue weighted by molar-refractivity contribution is -0.127. The first-order chi connectivity index (χ1) is 9.17. The number of fused-ring (bicyclic) bond motifs is 1. The highest BCUT2D eigenvalue weighted by atomic mass is 16.5. The number of anilines is 2. The van der Waals surface area contributed by atoms with Crippen molar-refractivity contribution in [2.24, 2.45) is 0 Å². The maximum atomic E-state index is 11.1. The van der Waals surface area contributed by atoms with E-state index in [1.807, 2.05) is 16.7 Å². The molecule has 0 saturated heterocycles. The first-order valence-electron chi connectivity index (χ1n) is 6.09. The number of hydrogen-bond donors (Lipinski definition) is 4. The molecule has 0 aliphatic heterocycles. The zero-order valence-corrected chi connectivity index (χ0v) is 10.7. The minimum atomic E-state index is -0.521. The van der Waals surface area contributed by atoms with E-state index in [0.29, 0.717) is 17.2 Å². The lowest BCUT2D eigenvalue weighted by Crippen LogP contribution is -2.27. The van der Waals surface area contributed by atoms with Crippen molar-refractivity contribution in [1.82, 2.24) is 14.9 Å². The SMILES string of the molecule is CCCc1c(NCC(=O)NO)nc2c(N)cccn12. The van der Waals surface area contributed by atoms with Crippen LogP contribution in [0.3, 0.4) is 0 Å². The third-order valence-corrected chi connectivity index (χ3v) is 2.81. The fourth-order valence-electron chi connectivity index (χ4n) is 1.96. The Kier molecular flexibility index (Phi) is 3.86. The van der Waals surface area contributed by atoms with Crippen LogP contribution in [0.1, 0.15) is 19.0 Å². The predicted molar refractivity (Wildman–Crippen MR) is 72.0 cm³/mol. The Morgan fingerprint density at radius 2 is 2.37 bits per heavy atom. The highest BCUT2D eigenvalue weighted by Crippen LogP contribution is 2.22. The smallest absolute Gasteiger partial charge is 0.262 e. The van der Waals surface area contributed by atoms with Gasteiger partial charge in [0.1, 0.15) is 5.82 Å². The summed E-state index contributed by atoms with van der Waals surface area (Å²) < 4.78 is 1.91. The summed E-state index contributed by atoms with van der Waals surface area (Å²) >= 11 is 0. The third-order valence-electron chi connectivity index (χ3n) is 2.81. The van der Waals surface area contributed by atoms with E-state index >= 15 is 0 Å². The van der Waals surface area contributed by atoms with Gasteiger partial charge in [-0.15, -0.1) is 0 Å². The number of nitrogen functional groups attached to an aromatic ring is 1. The van der Waals surface area contributed by atoms with E-state index in [0.717, 1.165) is 18.5 Å². The van der Waals surface area contributed by atoms with Gasteiger partial charge in [-0.2, -0.15) is 0 Å². The summed E-state index contributed by atoms with van der Waals surface area (Å²) in [5, 5.41) is 11.4. The predicted octanol–water partition coefficient (Wildman–Crippen LogP) is 0.786. The molecule has 19 heavy (non-hydrogen) atoms. The highest BCUT2D eigenvalue weighted by Gasteiger charge is 2.13. The van der Waals surface area contributed by atoms with Gasteiger partial charge in [-0.3, -0.25) is 10.0 Å². The van der Waals surface area contributed by atoms with Crippen LogP contribution in [0.15, 0.2) is 18.3 Å². The molecule has 5 N–H and O–H groups in total. The monoisotopic (exact) mass is 263 g/mol. The topological polar surface area (TPSA) is 105 Å². The van der Waals surface area contributed by atoms with Gasteiger partial charge >= 0.3 is 0 Å². The standard InChI is InChI=1S/C12H17N5O2/c1-2-4-9-11(14-7-10(18)16-19)15-12-8(13)5-3-6-17(9)12/h3,5-6,14,19H,2,4,7,13H2,1H3,(H,16,18). The number of imidazole rings is 1. The molecule has 2 aromatic heterocycles. The van der Waals surface area contributed by atoms with Crippen LogP contribution in [0.2, 0.25) is 0 Å². The van der Waals surface area contributed by atoms with E-state index in [1.165, 1.54) is 0 Å². The molecule has 7 nitrogen and oxygen atoms in total. The number of rotatable bonds is 5. The van der Waals surface area contributed by atoms with Gasteiger partial charge in [-0.25, -0.2) is 10.5 Å². The summed E-state index contributed by atoms with van der Waals surface area (Å²) in [4.78, 5) is 15.5. The van der Waals surface area contributed by atoms with Gasteiger partial charge in [0.25, 0.3) is 5.91 Å². The molecule has 0 saturated carbocycles. The van der Waals surface area contributed by atoms with Crippen LogP contribution in [-0.4, -0.2) is 27.0 Å². The Morgan fingerprint density at radius 1 is 1.58 bits per heavy atom. The summed E-state index contributed by atoms with van der Waals surface area (Å²) in [5.41, 5.74) is 9.67. The molecule has 102 valence electrons. The van der Waals surface area contributed by atoms with Gasteiger partial charge in [0, 0.05) is 6.20 Å². The molecule has 7 heteroatoms. The Hall–Kier alpha value is -2.28. The van der Waals surface area contributed by atoms with Crippen molar-refractivity contribution in [3.8, 4) is 0 Å². The Balaban J connectivity index is 2.38. The molecule has 0 radical (unpaired) electrons. The molecule has 0 fully saturated rings. The second kappa shape index (κ2) is 5.57. The van der Waals surface area contributed by atoms with Gasteiger partial charge in [-0.1, -0.05) is 13.3 Å². The van der Waals surface area contributed by atoms with E-state index in [2.05, 4.69) is 17.2 Å². The minimum Gasteiger partial charge on any atom is -0.396 e. The van der Waals surface area contributed by atoms with E-state index in [4.69, 9.17) is 10.9 Å². The number of amides is 1. The largest absolute Gasteiger partial charge is 0.396 e. The van der Waals surface area contributed by atoms with Gasteiger partial charge < -0.3 is 15.5 Å². The van der Waals surface area contributed by atoms with Crippen LogP contribution < -0.4 is 16.5 Å². The molecule has 0 aliphatic carbocycles. The molecule has 0 unspecified atom stereocenters. The summed E-state index contributed by atoms with van der Waals surface area (Å²) in [6.07, 6.45) is 3.65. The maximum Gasteiger partial charge on any atom is 0.262 e. The first-order valence-corrected chi connectivity index (χ1v) is 6.09. The Labute approximate surface area is 110 Å². The molecule has 0 atom stereocenters. The molecule has 2 heterocycles. The number of nitrogens with one attached hydrogen (secondary N) is 2. The molecule has 2 aromatic rings. The van der Waals surface area contributed by atoms with Gasteiger partial charge in [0.05, 0.1) is 17.9 Å².